The third kappa shape index (κ3) is 2.53. The smallest absolute Gasteiger partial charge is 0.236 e. The largest absolute Gasteiger partial charge is 0.274 e. The van der Waals surface area contributed by atoms with Crippen LogP contribution in [0.3, 0.4) is 0 Å². The van der Waals surface area contributed by atoms with Crippen LogP contribution in [0, 0.1) is 0 Å². The summed E-state index contributed by atoms with van der Waals surface area (Å²) in [6, 6.07) is 0. The number of hydrogen-bond donors (Lipinski definition) is 1. The van der Waals surface area contributed by atoms with E-state index in [-0.39, 0.29) is 5.91 Å². The lowest BCUT2D eigenvalue weighted by Gasteiger charge is -1.92. The Bertz CT molecular complexity index is 228. The highest BCUT2D eigenvalue weighted by Gasteiger charge is 2.05. The van der Waals surface area contributed by atoms with Gasteiger partial charge in [-0.1, -0.05) is 5.57 Å². The molecule has 0 atom stereocenters. The van der Waals surface area contributed by atoms with Crippen molar-refractivity contribution in [2.24, 2.45) is 5.10 Å². The number of rotatable bonds is 1. The summed E-state index contributed by atoms with van der Waals surface area (Å²) in [5, 5.41) is 3.91. The van der Waals surface area contributed by atoms with E-state index in [4.69, 9.17) is 0 Å². The third-order valence-corrected chi connectivity index (χ3v) is 1.55. The molecule has 0 unspecified atom stereocenters. The van der Waals surface area contributed by atoms with Gasteiger partial charge in [0.2, 0.25) is 5.91 Å². The Kier molecular flexibility index (Phi) is 2.41. The summed E-state index contributed by atoms with van der Waals surface area (Å²) in [5.41, 5.74) is 4.71. The van der Waals surface area contributed by atoms with Gasteiger partial charge in [-0.2, -0.15) is 5.10 Å². The van der Waals surface area contributed by atoms with Crippen LogP contribution >= 0.6 is 0 Å². The highest BCUT2D eigenvalue weighted by molar-refractivity contribution is 5.98. The first-order valence-electron chi connectivity index (χ1n) is 3.69. The summed E-state index contributed by atoms with van der Waals surface area (Å²) in [6.45, 7) is 3.52. The van der Waals surface area contributed by atoms with Gasteiger partial charge in [0, 0.05) is 6.92 Å². The molecule has 1 aliphatic rings. The Morgan fingerprint density at radius 1 is 1.64 bits per heavy atom. The Labute approximate surface area is 66.2 Å². The molecule has 0 saturated heterocycles. The van der Waals surface area contributed by atoms with Crippen LogP contribution in [0.25, 0.3) is 0 Å². The van der Waals surface area contributed by atoms with Crippen LogP contribution in [0.4, 0.5) is 0 Å². The van der Waals surface area contributed by atoms with Crippen LogP contribution in [0.15, 0.2) is 16.8 Å². The van der Waals surface area contributed by atoms with Gasteiger partial charge in [-0.15, -0.1) is 0 Å². The highest BCUT2D eigenvalue weighted by atomic mass is 16.2. The summed E-state index contributed by atoms with van der Waals surface area (Å²) in [7, 11) is 0. The second-order valence-corrected chi connectivity index (χ2v) is 2.76. The van der Waals surface area contributed by atoms with Gasteiger partial charge in [0.15, 0.2) is 0 Å². The van der Waals surface area contributed by atoms with Gasteiger partial charge in [0.25, 0.3) is 0 Å². The van der Waals surface area contributed by atoms with Gasteiger partial charge in [-0.3, -0.25) is 4.79 Å². The van der Waals surface area contributed by atoms with E-state index >= 15 is 0 Å². The number of hydrazone groups is 1. The lowest BCUT2D eigenvalue weighted by molar-refractivity contribution is -0.118. The first-order chi connectivity index (χ1) is 5.18. The first-order valence-corrected chi connectivity index (χ1v) is 3.69. The highest BCUT2D eigenvalue weighted by Crippen LogP contribution is 2.13. The molecule has 1 rings (SSSR count). The SMILES string of the molecule is CC(=O)N/N=C1\C=C(C)CC1. The fourth-order valence-electron chi connectivity index (χ4n) is 0.993. The monoisotopic (exact) mass is 152 g/mol. The van der Waals surface area contributed by atoms with E-state index in [2.05, 4.69) is 17.5 Å². The summed E-state index contributed by atoms with van der Waals surface area (Å²) < 4.78 is 0. The second kappa shape index (κ2) is 3.32. The molecule has 1 amide bonds. The van der Waals surface area contributed by atoms with Crippen LogP contribution in [0.2, 0.25) is 0 Å². The minimum atomic E-state index is -0.115. The van der Waals surface area contributed by atoms with Crippen molar-refractivity contribution >= 4 is 11.6 Å². The van der Waals surface area contributed by atoms with E-state index in [0.29, 0.717) is 0 Å². The van der Waals surface area contributed by atoms with E-state index in [1.165, 1.54) is 12.5 Å². The van der Waals surface area contributed by atoms with Crippen molar-refractivity contribution in [1.29, 1.82) is 0 Å². The molecule has 0 radical (unpaired) electrons. The maximum Gasteiger partial charge on any atom is 0.236 e. The molecule has 60 valence electrons. The lowest BCUT2D eigenvalue weighted by Crippen LogP contribution is -2.14. The Morgan fingerprint density at radius 3 is 2.82 bits per heavy atom. The number of hydrogen-bond acceptors (Lipinski definition) is 2. The van der Waals surface area contributed by atoms with Gasteiger partial charge < -0.3 is 0 Å². The molecular formula is C8H12N2O. The summed E-state index contributed by atoms with van der Waals surface area (Å²) in [5.74, 6) is -0.115. The lowest BCUT2D eigenvalue weighted by atomic mass is 10.3. The van der Waals surface area contributed by atoms with Gasteiger partial charge in [-0.25, -0.2) is 5.43 Å². The minimum absolute atomic E-state index is 0.115. The van der Waals surface area contributed by atoms with E-state index in [0.717, 1.165) is 18.6 Å². The molecule has 0 aliphatic heterocycles. The van der Waals surface area contributed by atoms with Crippen molar-refractivity contribution in [2.45, 2.75) is 26.7 Å². The normalized spacial score (nSPS) is 20.2. The van der Waals surface area contributed by atoms with Gasteiger partial charge in [0.05, 0.1) is 5.71 Å². The number of amides is 1. The topological polar surface area (TPSA) is 41.5 Å². The average Bonchev–Trinajstić information content (AvgIpc) is 2.31. The number of carbonyl (C=O) groups excluding carboxylic acids is 1. The van der Waals surface area contributed by atoms with Crippen LogP contribution in [0.5, 0.6) is 0 Å². The number of nitrogens with one attached hydrogen (secondary N) is 1. The molecule has 11 heavy (non-hydrogen) atoms. The maximum atomic E-state index is 10.4. The van der Waals surface area contributed by atoms with Gasteiger partial charge in [-0.05, 0) is 25.8 Å². The maximum absolute atomic E-state index is 10.4. The average molecular weight is 152 g/mol. The van der Waals surface area contributed by atoms with E-state index in [1.54, 1.807) is 0 Å². The van der Waals surface area contributed by atoms with Crippen LogP contribution in [-0.4, -0.2) is 11.6 Å². The third-order valence-electron chi connectivity index (χ3n) is 1.55. The van der Waals surface area contributed by atoms with Gasteiger partial charge >= 0.3 is 0 Å². The molecular weight excluding hydrogens is 140 g/mol. The molecule has 0 spiro atoms. The van der Waals surface area contributed by atoms with Crippen molar-refractivity contribution in [3.05, 3.63) is 11.6 Å². The van der Waals surface area contributed by atoms with E-state index in [1.807, 2.05) is 6.08 Å². The quantitative estimate of drug-likeness (QED) is 0.564. The number of carbonyl (C=O) groups is 1. The van der Waals surface area contributed by atoms with Crippen LogP contribution in [0.1, 0.15) is 26.7 Å². The molecule has 0 fully saturated rings. The zero-order valence-corrected chi connectivity index (χ0v) is 6.85. The standard InChI is InChI=1S/C8H12N2O/c1-6-3-4-8(5-6)10-9-7(2)11/h5H,3-4H2,1-2H3,(H,9,11)/b10-8-. The number of allylic oxidation sites excluding steroid dienone is 2. The predicted octanol–water partition coefficient (Wildman–Crippen LogP) is 1.22. The van der Waals surface area contributed by atoms with E-state index in [9.17, 15) is 4.79 Å². The van der Waals surface area contributed by atoms with Crippen molar-refractivity contribution in [3.63, 3.8) is 0 Å². The van der Waals surface area contributed by atoms with E-state index < -0.39 is 0 Å². The molecule has 0 aromatic rings. The Hall–Kier alpha value is -1.12. The molecule has 0 bridgehead atoms. The van der Waals surface area contributed by atoms with Crippen molar-refractivity contribution in [3.8, 4) is 0 Å². The predicted molar refractivity (Wildman–Crippen MR) is 44.2 cm³/mol. The molecule has 1 aliphatic carbocycles. The van der Waals surface area contributed by atoms with Crippen molar-refractivity contribution < 1.29 is 4.79 Å². The Balaban J connectivity index is 2.49. The molecule has 0 heterocycles. The minimum Gasteiger partial charge on any atom is -0.274 e. The fourth-order valence-corrected chi connectivity index (χ4v) is 0.993. The van der Waals surface area contributed by atoms with Crippen LogP contribution < -0.4 is 5.43 Å². The van der Waals surface area contributed by atoms with Crippen molar-refractivity contribution in [1.82, 2.24) is 5.43 Å². The Morgan fingerprint density at radius 2 is 2.36 bits per heavy atom. The zero-order chi connectivity index (χ0) is 8.27. The molecule has 0 saturated carbocycles. The fraction of sp³-hybridized carbons (Fsp3) is 0.500. The molecule has 0 aromatic carbocycles. The molecule has 0 aromatic heterocycles. The summed E-state index contributed by atoms with van der Waals surface area (Å²) >= 11 is 0. The molecule has 1 N–H and O–H groups in total. The molecule has 3 heteroatoms. The zero-order valence-electron chi connectivity index (χ0n) is 6.85. The van der Waals surface area contributed by atoms with Gasteiger partial charge in [0.1, 0.15) is 0 Å². The van der Waals surface area contributed by atoms with Crippen molar-refractivity contribution in [2.75, 3.05) is 0 Å². The summed E-state index contributed by atoms with van der Waals surface area (Å²) in [6.07, 6.45) is 4.03. The molecule has 3 nitrogen and oxygen atoms in total. The summed E-state index contributed by atoms with van der Waals surface area (Å²) in [4.78, 5) is 10.4. The second-order valence-electron chi connectivity index (χ2n) is 2.76. The first kappa shape index (κ1) is 7.98. The van der Waals surface area contributed by atoms with Crippen LogP contribution in [-0.2, 0) is 4.79 Å². The number of nitrogens with zero attached hydrogens (tertiary/aromatic N) is 1.